The molecule has 0 radical (unpaired) electrons. The van der Waals surface area contributed by atoms with Gasteiger partial charge < -0.3 is 14.9 Å². The lowest BCUT2D eigenvalue weighted by atomic mass is 10.0. The monoisotopic (exact) mass is 451 g/mol. The van der Waals surface area contributed by atoms with Gasteiger partial charge in [0.2, 0.25) is 0 Å². The third-order valence-electron chi connectivity index (χ3n) is 6.76. The molecule has 170 valence electrons. The molecule has 3 aromatic heterocycles. The van der Waals surface area contributed by atoms with Gasteiger partial charge in [-0.3, -0.25) is 9.36 Å². The molecule has 5 aromatic rings. The maximum absolute atomic E-state index is 13.3. The van der Waals surface area contributed by atoms with Crippen LogP contribution in [0.2, 0.25) is 0 Å². The average Bonchev–Trinajstić information content (AvgIpc) is 3.48. The highest BCUT2D eigenvalue weighted by Crippen LogP contribution is 2.28. The molecule has 1 aliphatic heterocycles. The Kier molecular flexibility index (Phi) is 5.02. The summed E-state index contributed by atoms with van der Waals surface area (Å²) < 4.78 is 1.82. The summed E-state index contributed by atoms with van der Waals surface area (Å²) in [5.41, 5.74) is 5.26. The fourth-order valence-corrected chi connectivity index (χ4v) is 5.10. The summed E-state index contributed by atoms with van der Waals surface area (Å²) in [6.45, 7) is 1.20. The molecule has 34 heavy (non-hydrogen) atoms. The second kappa shape index (κ2) is 8.33. The number of H-pyrrole nitrogens is 2. The number of imidazole rings is 1. The van der Waals surface area contributed by atoms with Gasteiger partial charge >= 0.3 is 5.69 Å². The fourth-order valence-electron chi connectivity index (χ4n) is 5.10. The number of aromatic amines is 2. The van der Waals surface area contributed by atoms with Crippen LogP contribution < -0.4 is 5.69 Å². The van der Waals surface area contributed by atoms with E-state index in [0.717, 1.165) is 41.3 Å². The van der Waals surface area contributed by atoms with E-state index < -0.39 is 0 Å². The molecule has 4 heterocycles. The number of nitrogens with one attached hydrogen (secondary N) is 2. The third kappa shape index (κ3) is 3.59. The van der Waals surface area contributed by atoms with Gasteiger partial charge in [0.1, 0.15) is 5.65 Å². The van der Waals surface area contributed by atoms with Crippen LogP contribution in [0.5, 0.6) is 0 Å². The molecule has 7 heteroatoms. The Hall–Kier alpha value is -4.13. The van der Waals surface area contributed by atoms with Crippen molar-refractivity contribution in [1.82, 2.24) is 24.4 Å². The topological polar surface area (TPSA) is 86.8 Å². The number of amides is 1. The summed E-state index contributed by atoms with van der Waals surface area (Å²) in [4.78, 5) is 38.5. The van der Waals surface area contributed by atoms with Gasteiger partial charge in [-0.05, 0) is 48.6 Å². The predicted octanol–water partition coefficient (Wildman–Crippen LogP) is 4.27. The number of nitrogens with zero attached hydrogens (tertiary/aromatic N) is 3. The molecule has 2 aromatic carbocycles. The highest BCUT2D eigenvalue weighted by molar-refractivity contribution is 6.01. The van der Waals surface area contributed by atoms with Crippen LogP contribution in [0.15, 0.2) is 77.9 Å². The zero-order valence-corrected chi connectivity index (χ0v) is 18.7. The smallest absolute Gasteiger partial charge is 0.326 e. The summed E-state index contributed by atoms with van der Waals surface area (Å²) >= 11 is 0. The van der Waals surface area contributed by atoms with Gasteiger partial charge in [0.25, 0.3) is 5.91 Å². The molecular weight excluding hydrogens is 426 g/mol. The number of likely N-dealkylation sites (tertiary alicyclic amines) is 1. The van der Waals surface area contributed by atoms with Crippen molar-refractivity contribution in [2.45, 2.75) is 25.3 Å². The van der Waals surface area contributed by atoms with E-state index in [1.807, 2.05) is 64.2 Å². The molecule has 1 fully saturated rings. The molecule has 1 amide bonds. The molecule has 1 aliphatic rings. The summed E-state index contributed by atoms with van der Waals surface area (Å²) in [6.07, 6.45) is 6.06. The Labute approximate surface area is 196 Å². The number of benzene rings is 2. The number of aromatic nitrogens is 4. The highest BCUT2D eigenvalue weighted by Gasteiger charge is 2.28. The van der Waals surface area contributed by atoms with Gasteiger partial charge in [0.15, 0.2) is 0 Å². The van der Waals surface area contributed by atoms with Crippen molar-refractivity contribution in [3.63, 3.8) is 0 Å². The molecule has 1 atom stereocenters. The van der Waals surface area contributed by atoms with E-state index in [1.54, 1.807) is 6.20 Å². The molecule has 0 spiro atoms. The first kappa shape index (κ1) is 20.5. The molecule has 7 nitrogen and oxygen atoms in total. The first-order valence-electron chi connectivity index (χ1n) is 11.7. The van der Waals surface area contributed by atoms with Crippen LogP contribution in [0.3, 0.4) is 0 Å². The Bertz CT molecular complexity index is 1530. The Morgan fingerprint density at radius 3 is 2.65 bits per heavy atom. The lowest BCUT2D eigenvalue weighted by Crippen LogP contribution is -2.42. The quantitative estimate of drug-likeness (QED) is 0.428. The van der Waals surface area contributed by atoms with Gasteiger partial charge in [0, 0.05) is 30.2 Å². The van der Waals surface area contributed by atoms with E-state index in [4.69, 9.17) is 0 Å². The third-order valence-corrected chi connectivity index (χ3v) is 6.76. The Morgan fingerprint density at radius 1 is 1.03 bits per heavy atom. The van der Waals surface area contributed by atoms with E-state index in [-0.39, 0.29) is 17.6 Å². The number of rotatable bonds is 4. The number of carbonyl (C=O) groups excluding carboxylic acids is 1. The molecule has 0 aliphatic carbocycles. The van der Waals surface area contributed by atoms with Crippen molar-refractivity contribution in [3.8, 4) is 0 Å². The lowest BCUT2D eigenvalue weighted by molar-refractivity contribution is 0.0680. The lowest BCUT2D eigenvalue weighted by Gasteiger charge is -2.33. The van der Waals surface area contributed by atoms with Crippen LogP contribution in [0.4, 0.5) is 0 Å². The van der Waals surface area contributed by atoms with Crippen molar-refractivity contribution in [3.05, 3.63) is 100 Å². The highest BCUT2D eigenvalue weighted by atomic mass is 16.2. The number of hydrogen-bond acceptors (Lipinski definition) is 3. The number of fused-ring (bicyclic) bond motifs is 3. The van der Waals surface area contributed by atoms with Gasteiger partial charge in [-0.25, -0.2) is 9.78 Å². The van der Waals surface area contributed by atoms with Gasteiger partial charge in [-0.2, -0.15) is 0 Å². The van der Waals surface area contributed by atoms with E-state index in [2.05, 4.69) is 27.1 Å². The minimum absolute atomic E-state index is 0.0114. The SMILES string of the molecule is O=C(c1ccc(Cc2ccccc2)cc1)N1CCC[C@@H](n2c(=O)[nH]c3cnc4[nH]ccc4c32)C1. The van der Waals surface area contributed by atoms with Crippen molar-refractivity contribution in [2.24, 2.45) is 0 Å². The minimum atomic E-state index is -0.157. The second-order valence-corrected chi connectivity index (χ2v) is 8.97. The normalized spacial score (nSPS) is 16.4. The summed E-state index contributed by atoms with van der Waals surface area (Å²) in [6, 6.07) is 20.0. The van der Waals surface area contributed by atoms with E-state index >= 15 is 0 Å². The van der Waals surface area contributed by atoms with Gasteiger partial charge in [0.05, 0.1) is 23.3 Å². The minimum Gasteiger partial charge on any atom is -0.346 e. The molecule has 6 rings (SSSR count). The van der Waals surface area contributed by atoms with Crippen LogP contribution in [-0.4, -0.2) is 43.4 Å². The Balaban J connectivity index is 1.24. The average molecular weight is 452 g/mol. The summed E-state index contributed by atoms with van der Waals surface area (Å²) in [5, 5.41) is 0.910. The molecular formula is C27H25N5O2. The summed E-state index contributed by atoms with van der Waals surface area (Å²) in [5.74, 6) is 0.0114. The first-order chi connectivity index (χ1) is 16.7. The van der Waals surface area contributed by atoms with E-state index in [1.165, 1.54) is 11.1 Å². The zero-order valence-electron chi connectivity index (χ0n) is 18.7. The van der Waals surface area contributed by atoms with Crippen molar-refractivity contribution < 1.29 is 4.79 Å². The molecule has 0 bridgehead atoms. The number of hydrogen-bond donors (Lipinski definition) is 2. The molecule has 0 saturated carbocycles. The van der Waals surface area contributed by atoms with Crippen LogP contribution in [0.25, 0.3) is 22.1 Å². The first-order valence-corrected chi connectivity index (χ1v) is 11.7. The fraction of sp³-hybridized carbons (Fsp3) is 0.222. The molecule has 1 saturated heterocycles. The number of pyridine rings is 1. The molecule has 2 N–H and O–H groups in total. The van der Waals surface area contributed by atoms with Crippen molar-refractivity contribution >= 4 is 28.0 Å². The van der Waals surface area contributed by atoms with Gasteiger partial charge in [-0.15, -0.1) is 0 Å². The van der Waals surface area contributed by atoms with Gasteiger partial charge in [-0.1, -0.05) is 42.5 Å². The van der Waals surface area contributed by atoms with E-state index in [0.29, 0.717) is 18.7 Å². The van der Waals surface area contributed by atoms with Crippen LogP contribution in [0.1, 0.15) is 40.4 Å². The van der Waals surface area contributed by atoms with Crippen LogP contribution in [0, 0.1) is 0 Å². The summed E-state index contributed by atoms with van der Waals surface area (Å²) in [7, 11) is 0. The van der Waals surface area contributed by atoms with Crippen molar-refractivity contribution in [1.29, 1.82) is 0 Å². The van der Waals surface area contributed by atoms with Crippen LogP contribution >= 0.6 is 0 Å². The number of piperidine rings is 1. The standard InChI is InChI=1S/C27H25N5O2/c33-26(20-10-8-19(9-11-20)15-18-5-2-1-3-6-18)31-14-4-7-21(17-31)32-24-22-12-13-28-25(22)29-16-23(24)30-27(32)34/h1-3,5-6,8-13,16,21H,4,7,14-15,17H2,(H,28,29)(H,30,34)/t21-/m1/s1. The van der Waals surface area contributed by atoms with Crippen LogP contribution in [-0.2, 0) is 6.42 Å². The number of carbonyl (C=O) groups is 1. The zero-order chi connectivity index (χ0) is 23.1. The predicted molar refractivity (Wildman–Crippen MR) is 132 cm³/mol. The second-order valence-electron chi connectivity index (χ2n) is 8.97. The largest absolute Gasteiger partial charge is 0.346 e. The maximum atomic E-state index is 13.3. The van der Waals surface area contributed by atoms with Crippen molar-refractivity contribution in [2.75, 3.05) is 13.1 Å². The van der Waals surface area contributed by atoms with E-state index in [9.17, 15) is 9.59 Å². The maximum Gasteiger partial charge on any atom is 0.326 e. The molecule has 0 unspecified atom stereocenters. The Morgan fingerprint density at radius 2 is 1.82 bits per heavy atom.